The quantitative estimate of drug-likeness (QED) is 0.292. The molecule has 0 saturated carbocycles. The molecule has 2 atom stereocenters. The first-order valence-electron chi connectivity index (χ1n) is 12.0. The maximum absolute atomic E-state index is 13.3. The average molecular weight is 609 g/mol. The summed E-state index contributed by atoms with van der Waals surface area (Å²) in [5.41, 5.74) is 2.50. The molecule has 0 fully saturated rings. The molecular formula is C26H27Cl2N5O4S2. The summed E-state index contributed by atoms with van der Waals surface area (Å²) in [6, 6.07) is 22.6. The lowest BCUT2D eigenvalue weighted by molar-refractivity contribution is 0.460. The molecule has 0 aromatic heterocycles. The van der Waals surface area contributed by atoms with Gasteiger partial charge in [0.2, 0.25) is 16.0 Å². The van der Waals surface area contributed by atoms with Gasteiger partial charge in [0.15, 0.2) is 0 Å². The van der Waals surface area contributed by atoms with E-state index in [1.54, 1.807) is 12.1 Å². The molecule has 1 aliphatic rings. The number of hydrogen-bond acceptors (Lipinski definition) is 6. The fourth-order valence-electron chi connectivity index (χ4n) is 3.94. The number of halogens is 2. The van der Waals surface area contributed by atoms with Crippen molar-refractivity contribution < 1.29 is 16.8 Å². The van der Waals surface area contributed by atoms with Crippen LogP contribution in [0.3, 0.4) is 0 Å². The van der Waals surface area contributed by atoms with Crippen LogP contribution >= 0.6 is 23.2 Å². The zero-order valence-electron chi connectivity index (χ0n) is 20.9. The highest BCUT2D eigenvalue weighted by molar-refractivity contribution is 7.90. The fourth-order valence-corrected chi connectivity index (χ4v) is 5.65. The predicted molar refractivity (Wildman–Crippen MR) is 155 cm³/mol. The number of sulfonamides is 2. The fraction of sp³-hybridized carbons (Fsp3) is 0.231. The van der Waals surface area contributed by atoms with Gasteiger partial charge >= 0.3 is 0 Å². The van der Waals surface area contributed by atoms with Crippen molar-refractivity contribution in [2.75, 3.05) is 13.1 Å². The normalized spacial score (nSPS) is 17.1. The van der Waals surface area contributed by atoms with Crippen LogP contribution in [0.15, 0.2) is 93.9 Å². The molecule has 0 spiro atoms. The Kier molecular flexibility index (Phi) is 8.97. The summed E-state index contributed by atoms with van der Waals surface area (Å²) >= 11 is 12.0. The Bertz CT molecular complexity index is 1580. The van der Waals surface area contributed by atoms with Crippen molar-refractivity contribution >= 4 is 54.9 Å². The van der Waals surface area contributed by atoms with Gasteiger partial charge in [0.05, 0.1) is 22.4 Å². The molecule has 0 aliphatic carbocycles. The third-order valence-corrected chi connectivity index (χ3v) is 9.41. The number of benzene rings is 3. The highest BCUT2D eigenvalue weighted by Crippen LogP contribution is 2.29. The van der Waals surface area contributed by atoms with Crippen molar-refractivity contribution in [2.24, 2.45) is 15.2 Å². The maximum atomic E-state index is 13.3. The van der Waals surface area contributed by atoms with E-state index in [2.05, 4.69) is 9.71 Å². The van der Waals surface area contributed by atoms with Crippen molar-refractivity contribution in [1.82, 2.24) is 9.73 Å². The van der Waals surface area contributed by atoms with E-state index in [9.17, 15) is 16.8 Å². The van der Waals surface area contributed by atoms with E-state index in [0.29, 0.717) is 15.8 Å². The number of hydrogen-bond donors (Lipinski definition) is 2. The van der Waals surface area contributed by atoms with Gasteiger partial charge in [-0.3, -0.25) is 4.99 Å². The minimum absolute atomic E-state index is 0.00559. The number of nitrogens with zero attached hydrogens (tertiary/aromatic N) is 3. The summed E-state index contributed by atoms with van der Waals surface area (Å²) in [5.74, 6) is -0.252. The molecule has 3 N–H and O–H groups in total. The van der Waals surface area contributed by atoms with Gasteiger partial charge in [0, 0.05) is 22.5 Å². The van der Waals surface area contributed by atoms with Crippen LogP contribution in [0.2, 0.25) is 10.0 Å². The van der Waals surface area contributed by atoms with Crippen LogP contribution in [0.1, 0.15) is 30.4 Å². The second-order valence-electron chi connectivity index (χ2n) is 8.99. The summed E-state index contributed by atoms with van der Waals surface area (Å²) in [6.45, 7) is 1.75. The molecule has 0 bridgehead atoms. The SMILES string of the molecule is C[C@@H](CCN=C(NS(=O)(=O)c1ccc(Cl)cc1)N1C[C@H](c2ccccc2)C(c2ccc(Cl)cc2)=N1)S(N)(=O)=O. The Hall–Kier alpha value is -2.96. The highest BCUT2D eigenvalue weighted by Gasteiger charge is 2.33. The monoisotopic (exact) mass is 607 g/mol. The molecule has 4 rings (SSSR count). The van der Waals surface area contributed by atoms with Crippen molar-refractivity contribution in [3.8, 4) is 0 Å². The second kappa shape index (κ2) is 12.1. The first-order valence-corrected chi connectivity index (χ1v) is 15.8. The zero-order chi connectivity index (χ0) is 28.2. The van der Waals surface area contributed by atoms with Gasteiger partial charge in [-0.25, -0.2) is 31.7 Å². The van der Waals surface area contributed by atoms with Crippen LogP contribution < -0.4 is 9.86 Å². The van der Waals surface area contributed by atoms with E-state index in [0.717, 1.165) is 11.1 Å². The van der Waals surface area contributed by atoms with Gasteiger partial charge in [-0.05, 0) is 60.9 Å². The highest BCUT2D eigenvalue weighted by atomic mass is 35.5. The summed E-state index contributed by atoms with van der Waals surface area (Å²) in [6.07, 6.45) is 0.0920. The van der Waals surface area contributed by atoms with Gasteiger partial charge in [0.1, 0.15) is 0 Å². The van der Waals surface area contributed by atoms with Gasteiger partial charge in [-0.15, -0.1) is 0 Å². The van der Waals surface area contributed by atoms with Gasteiger partial charge in [-0.1, -0.05) is 65.7 Å². The third kappa shape index (κ3) is 7.37. The Balaban J connectivity index is 1.72. The van der Waals surface area contributed by atoms with Crippen LogP contribution in [-0.4, -0.2) is 51.9 Å². The number of primary sulfonamides is 1. The van der Waals surface area contributed by atoms with Crippen molar-refractivity contribution in [1.29, 1.82) is 0 Å². The lowest BCUT2D eigenvalue weighted by Crippen LogP contribution is -2.41. The summed E-state index contributed by atoms with van der Waals surface area (Å²) < 4.78 is 52.5. The van der Waals surface area contributed by atoms with E-state index >= 15 is 0 Å². The number of hydrazone groups is 1. The minimum Gasteiger partial charge on any atom is -0.251 e. The molecule has 0 saturated heterocycles. The van der Waals surface area contributed by atoms with E-state index in [4.69, 9.17) is 33.4 Å². The topological polar surface area (TPSA) is 134 Å². The molecule has 0 amide bonds. The van der Waals surface area contributed by atoms with Gasteiger partial charge < -0.3 is 0 Å². The first kappa shape index (κ1) is 29.0. The number of guanidine groups is 1. The van der Waals surface area contributed by atoms with Crippen LogP contribution in [0, 0.1) is 0 Å². The minimum atomic E-state index is -4.07. The lowest BCUT2D eigenvalue weighted by Gasteiger charge is -2.20. The number of rotatable bonds is 8. The molecule has 9 nitrogen and oxygen atoms in total. The van der Waals surface area contributed by atoms with Crippen molar-refractivity contribution in [3.05, 3.63) is 100 Å². The number of nitrogens with two attached hydrogens (primary N) is 1. The summed E-state index contributed by atoms with van der Waals surface area (Å²) in [5, 5.41) is 11.6. The average Bonchev–Trinajstić information content (AvgIpc) is 3.34. The maximum Gasteiger partial charge on any atom is 0.264 e. The summed E-state index contributed by atoms with van der Waals surface area (Å²) in [7, 11) is -7.84. The van der Waals surface area contributed by atoms with Crippen LogP contribution in [0.4, 0.5) is 0 Å². The Morgan fingerprint density at radius 3 is 2.18 bits per heavy atom. The predicted octanol–water partition coefficient (Wildman–Crippen LogP) is 4.20. The van der Waals surface area contributed by atoms with E-state index in [1.807, 2.05) is 42.5 Å². The van der Waals surface area contributed by atoms with Crippen molar-refractivity contribution in [2.45, 2.75) is 29.4 Å². The van der Waals surface area contributed by atoms with Crippen LogP contribution in [0.5, 0.6) is 0 Å². The van der Waals surface area contributed by atoms with Gasteiger partial charge in [0.25, 0.3) is 10.0 Å². The van der Waals surface area contributed by atoms with Crippen LogP contribution in [-0.2, 0) is 20.0 Å². The third-order valence-electron chi connectivity index (χ3n) is 6.21. The molecule has 39 heavy (non-hydrogen) atoms. The van der Waals surface area contributed by atoms with Crippen LogP contribution in [0.25, 0.3) is 0 Å². The standard InChI is InChI=1S/C26H27Cl2N5O4S2/c1-18(38(29,34)35)15-16-30-26(32-39(36,37)23-13-11-22(28)12-14-23)33-17-24(19-5-3-2-4-6-19)25(31-33)20-7-9-21(27)10-8-20/h2-14,18,24H,15-17H2,1H3,(H,30,32)(H2,29,34,35)/t18-,24+/m0/s1. The summed E-state index contributed by atoms with van der Waals surface area (Å²) in [4.78, 5) is 4.42. The number of nitrogens with one attached hydrogen (secondary N) is 1. The number of aliphatic imine (C=N–C) groups is 1. The Labute approximate surface area is 238 Å². The van der Waals surface area contributed by atoms with Crippen molar-refractivity contribution in [3.63, 3.8) is 0 Å². The molecule has 0 unspecified atom stereocenters. The molecule has 13 heteroatoms. The van der Waals surface area contributed by atoms with Gasteiger partial charge in [-0.2, -0.15) is 5.10 Å². The molecule has 3 aromatic carbocycles. The zero-order valence-corrected chi connectivity index (χ0v) is 24.1. The molecule has 1 aliphatic heterocycles. The Morgan fingerprint density at radius 1 is 1.00 bits per heavy atom. The first-order chi connectivity index (χ1) is 18.4. The second-order valence-corrected chi connectivity index (χ2v) is 13.5. The molecule has 3 aromatic rings. The molecule has 0 radical (unpaired) electrons. The largest absolute Gasteiger partial charge is 0.264 e. The lowest BCUT2D eigenvalue weighted by atomic mass is 9.91. The van der Waals surface area contributed by atoms with E-state index in [1.165, 1.54) is 36.2 Å². The molecule has 1 heterocycles. The Morgan fingerprint density at radius 2 is 1.59 bits per heavy atom. The van der Waals surface area contributed by atoms with E-state index < -0.39 is 25.3 Å². The van der Waals surface area contributed by atoms with E-state index in [-0.39, 0.29) is 36.3 Å². The molecule has 206 valence electrons. The smallest absolute Gasteiger partial charge is 0.251 e. The molecular weight excluding hydrogens is 581 g/mol.